The van der Waals surface area contributed by atoms with Crippen molar-refractivity contribution in [3.63, 3.8) is 0 Å². The van der Waals surface area contributed by atoms with Crippen LogP contribution in [0.5, 0.6) is 0 Å². The number of alkyl halides is 3. The van der Waals surface area contributed by atoms with Gasteiger partial charge in [-0.2, -0.15) is 13.2 Å². The van der Waals surface area contributed by atoms with Crippen molar-refractivity contribution in [1.29, 1.82) is 0 Å². The number of benzene rings is 1. The van der Waals surface area contributed by atoms with Crippen LogP contribution >= 0.6 is 0 Å². The third-order valence-electron chi connectivity index (χ3n) is 4.26. The number of fused-ring (bicyclic) bond motifs is 1. The molecule has 1 aliphatic heterocycles. The number of nitrogens with zero attached hydrogens (tertiary/aromatic N) is 3. The summed E-state index contributed by atoms with van der Waals surface area (Å²) in [6, 6.07) is 4.43. The summed E-state index contributed by atoms with van der Waals surface area (Å²) in [6.07, 6.45) is -0.142. The molecule has 27 heavy (non-hydrogen) atoms. The summed E-state index contributed by atoms with van der Waals surface area (Å²) in [5.41, 5.74) is 1.51. The lowest BCUT2D eigenvalue weighted by Gasteiger charge is -2.15. The van der Waals surface area contributed by atoms with E-state index in [2.05, 4.69) is 10.3 Å². The molecule has 3 rings (SSSR count). The summed E-state index contributed by atoms with van der Waals surface area (Å²) in [4.78, 5) is 29.8. The van der Waals surface area contributed by atoms with Gasteiger partial charge >= 0.3 is 6.18 Å². The van der Waals surface area contributed by atoms with E-state index < -0.39 is 17.6 Å². The van der Waals surface area contributed by atoms with Crippen molar-refractivity contribution in [2.75, 3.05) is 6.54 Å². The number of hydrogen-bond donors (Lipinski definition) is 1. The number of nitrogens with one attached hydrogen (secondary N) is 1. The van der Waals surface area contributed by atoms with Crippen LogP contribution in [0.15, 0.2) is 36.7 Å². The van der Waals surface area contributed by atoms with E-state index in [0.29, 0.717) is 18.7 Å². The fourth-order valence-corrected chi connectivity index (χ4v) is 2.72. The molecule has 1 N–H and O–H groups in total. The summed E-state index contributed by atoms with van der Waals surface area (Å²) in [7, 11) is 1.85. The van der Waals surface area contributed by atoms with Gasteiger partial charge in [-0.05, 0) is 23.8 Å². The Labute approximate surface area is 153 Å². The molecule has 1 aliphatic rings. The monoisotopic (exact) mass is 378 g/mol. The summed E-state index contributed by atoms with van der Waals surface area (Å²) in [6.45, 7) is 0.693. The zero-order valence-electron chi connectivity index (χ0n) is 14.5. The molecule has 2 heterocycles. The normalized spacial score (nSPS) is 13.9. The second kappa shape index (κ2) is 7.26. The Balaban J connectivity index is 1.48. The Morgan fingerprint density at radius 1 is 1.22 bits per heavy atom. The lowest BCUT2D eigenvalue weighted by Crippen LogP contribution is -2.37. The average Bonchev–Trinajstić information content (AvgIpc) is 3.20. The van der Waals surface area contributed by atoms with Crippen molar-refractivity contribution in [1.82, 2.24) is 19.8 Å². The highest BCUT2D eigenvalue weighted by atomic mass is 19.4. The van der Waals surface area contributed by atoms with Crippen LogP contribution in [0.4, 0.5) is 13.2 Å². The van der Waals surface area contributed by atoms with Gasteiger partial charge in [0.05, 0.1) is 42.9 Å². The molecule has 0 bridgehead atoms. The van der Waals surface area contributed by atoms with E-state index in [1.807, 2.05) is 11.6 Å². The van der Waals surface area contributed by atoms with E-state index in [4.69, 9.17) is 0 Å². The summed E-state index contributed by atoms with van der Waals surface area (Å²) in [5, 5.41) is 2.47. The summed E-state index contributed by atoms with van der Waals surface area (Å²) >= 11 is 0. The standard InChI is InChI=1S/C18H17F3N4O2/c1-24-11-23-14-9-25(10-15(14)24)17(27)8-22-16(26)7-4-12-2-5-13(6-3-12)18(19,20)21/h2-7,11H,8-10H2,1H3,(H,22,26)/b7-4+. The SMILES string of the molecule is Cn1cnc2c1CN(C(=O)CNC(=O)/C=C/c1ccc(C(F)(F)F)cc1)C2. The van der Waals surface area contributed by atoms with E-state index in [-0.39, 0.29) is 12.5 Å². The fraction of sp³-hybridized carbons (Fsp3) is 0.278. The predicted molar refractivity (Wildman–Crippen MR) is 90.9 cm³/mol. The number of aryl methyl sites for hydroxylation is 1. The van der Waals surface area contributed by atoms with Crippen molar-refractivity contribution >= 4 is 17.9 Å². The maximum atomic E-state index is 12.5. The minimum Gasteiger partial charge on any atom is -0.343 e. The van der Waals surface area contributed by atoms with Crippen molar-refractivity contribution < 1.29 is 22.8 Å². The van der Waals surface area contributed by atoms with Gasteiger partial charge in [0.2, 0.25) is 11.8 Å². The van der Waals surface area contributed by atoms with Crippen molar-refractivity contribution in [3.05, 3.63) is 59.2 Å². The minimum absolute atomic E-state index is 0.163. The maximum Gasteiger partial charge on any atom is 0.416 e. The Bertz CT molecular complexity index is 885. The van der Waals surface area contributed by atoms with Crippen LogP contribution in [0.3, 0.4) is 0 Å². The molecule has 0 aliphatic carbocycles. The molecule has 1 aromatic heterocycles. The number of carbonyl (C=O) groups excluding carboxylic acids is 2. The molecular formula is C18H17F3N4O2. The number of aromatic nitrogens is 2. The van der Waals surface area contributed by atoms with E-state index in [9.17, 15) is 22.8 Å². The molecule has 0 spiro atoms. The molecule has 0 saturated heterocycles. The van der Waals surface area contributed by atoms with Crippen molar-refractivity contribution in [2.24, 2.45) is 7.05 Å². The van der Waals surface area contributed by atoms with Gasteiger partial charge in [-0.3, -0.25) is 9.59 Å². The third-order valence-corrected chi connectivity index (χ3v) is 4.26. The minimum atomic E-state index is -4.40. The first kappa shape index (κ1) is 18.7. The van der Waals surface area contributed by atoms with Crippen LogP contribution in [-0.2, 0) is 35.9 Å². The topological polar surface area (TPSA) is 67.2 Å². The Kier molecular flexibility index (Phi) is 5.02. The van der Waals surface area contributed by atoms with E-state index >= 15 is 0 Å². The second-order valence-corrected chi connectivity index (χ2v) is 6.17. The lowest BCUT2D eigenvalue weighted by atomic mass is 10.1. The molecular weight excluding hydrogens is 361 g/mol. The second-order valence-electron chi connectivity index (χ2n) is 6.17. The number of rotatable bonds is 4. The van der Waals surface area contributed by atoms with Gasteiger partial charge in [0.15, 0.2) is 0 Å². The average molecular weight is 378 g/mol. The Morgan fingerprint density at radius 3 is 2.56 bits per heavy atom. The van der Waals surface area contributed by atoms with Gasteiger partial charge in [-0.25, -0.2) is 4.98 Å². The molecule has 142 valence electrons. The van der Waals surface area contributed by atoms with Crippen LogP contribution < -0.4 is 5.32 Å². The first-order chi connectivity index (χ1) is 12.7. The number of hydrogen-bond acceptors (Lipinski definition) is 3. The van der Waals surface area contributed by atoms with Crippen LogP contribution in [0.25, 0.3) is 6.08 Å². The zero-order valence-corrected chi connectivity index (χ0v) is 14.5. The Hall–Kier alpha value is -3.10. The van der Waals surface area contributed by atoms with Crippen molar-refractivity contribution in [3.8, 4) is 0 Å². The van der Waals surface area contributed by atoms with Crippen LogP contribution in [0, 0.1) is 0 Å². The molecule has 0 radical (unpaired) electrons. The molecule has 6 nitrogen and oxygen atoms in total. The van der Waals surface area contributed by atoms with Crippen molar-refractivity contribution in [2.45, 2.75) is 19.3 Å². The van der Waals surface area contributed by atoms with Crippen LogP contribution in [0.1, 0.15) is 22.5 Å². The van der Waals surface area contributed by atoms with Crippen LogP contribution in [0.2, 0.25) is 0 Å². The van der Waals surface area contributed by atoms with Gasteiger partial charge in [0.25, 0.3) is 0 Å². The molecule has 0 unspecified atom stereocenters. The molecule has 2 aromatic rings. The van der Waals surface area contributed by atoms with Gasteiger partial charge in [-0.1, -0.05) is 12.1 Å². The first-order valence-electron chi connectivity index (χ1n) is 8.14. The van der Waals surface area contributed by atoms with E-state index in [1.54, 1.807) is 11.2 Å². The highest BCUT2D eigenvalue weighted by Gasteiger charge is 2.30. The summed E-state index contributed by atoms with van der Waals surface area (Å²) < 4.78 is 39.4. The zero-order chi connectivity index (χ0) is 19.6. The molecule has 2 amide bonds. The largest absolute Gasteiger partial charge is 0.416 e. The number of imidazole rings is 1. The van der Waals surface area contributed by atoms with E-state index in [0.717, 1.165) is 23.5 Å². The predicted octanol–water partition coefficient (Wildman–Crippen LogP) is 2.11. The van der Waals surface area contributed by atoms with Gasteiger partial charge in [0.1, 0.15) is 0 Å². The van der Waals surface area contributed by atoms with Gasteiger partial charge in [-0.15, -0.1) is 0 Å². The molecule has 0 atom stereocenters. The van der Waals surface area contributed by atoms with Gasteiger partial charge in [0, 0.05) is 13.1 Å². The first-order valence-corrected chi connectivity index (χ1v) is 8.14. The number of carbonyl (C=O) groups is 2. The summed E-state index contributed by atoms with van der Waals surface area (Å²) in [5.74, 6) is -0.734. The molecule has 1 aromatic carbocycles. The van der Waals surface area contributed by atoms with Crippen LogP contribution in [-0.4, -0.2) is 32.8 Å². The number of amides is 2. The molecule has 0 saturated carbocycles. The quantitative estimate of drug-likeness (QED) is 0.829. The van der Waals surface area contributed by atoms with Gasteiger partial charge < -0.3 is 14.8 Å². The highest BCUT2D eigenvalue weighted by Crippen LogP contribution is 2.29. The fourth-order valence-electron chi connectivity index (χ4n) is 2.72. The lowest BCUT2D eigenvalue weighted by molar-refractivity contribution is -0.137. The highest BCUT2D eigenvalue weighted by molar-refractivity contribution is 5.94. The Morgan fingerprint density at radius 2 is 1.93 bits per heavy atom. The van der Waals surface area contributed by atoms with E-state index in [1.165, 1.54) is 24.3 Å². The third kappa shape index (κ3) is 4.36. The maximum absolute atomic E-state index is 12.5. The molecule has 9 heteroatoms. The molecule has 0 fully saturated rings. The smallest absolute Gasteiger partial charge is 0.343 e. The number of halogens is 3.